The molecule has 4 rings (SSSR count). The maximum absolute atomic E-state index is 13.6. The van der Waals surface area contributed by atoms with Crippen LogP contribution < -0.4 is 14.2 Å². The molecule has 0 bridgehead atoms. The predicted octanol–water partition coefficient (Wildman–Crippen LogP) is 4.84. The van der Waals surface area contributed by atoms with E-state index >= 15 is 0 Å². The lowest BCUT2D eigenvalue weighted by atomic mass is 9.76. The van der Waals surface area contributed by atoms with E-state index in [0.29, 0.717) is 42.1 Å². The van der Waals surface area contributed by atoms with E-state index in [1.165, 1.54) is 7.11 Å². The molecule has 0 saturated carbocycles. The number of benzene rings is 3. The Morgan fingerprint density at radius 1 is 0.784 bits per heavy atom. The second-order valence-corrected chi connectivity index (χ2v) is 8.80. The third-order valence-electron chi connectivity index (χ3n) is 6.31. The topological polar surface area (TPSA) is 92.7 Å². The number of rotatable bonds is 12. The molecule has 0 fully saturated rings. The van der Waals surface area contributed by atoms with E-state index in [-0.39, 0.29) is 37.8 Å². The fourth-order valence-electron chi connectivity index (χ4n) is 4.60. The molecule has 0 heterocycles. The molecule has 0 amide bonds. The van der Waals surface area contributed by atoms with Crippen molar-refractivity contribution in [1.29, 1.82) is 0 Å². The van der Waals surface area contributed by atoms with Gasteiger partial charge in [0, 0.05) is 45.8 Å². The van der Waals surface area contributed by atoms with Gasteiger partial charge in [-0.3, -0.25) is 4.79 Å². The summed E-state index contributed by atoms with van der Waals surface area (Å²) in [6, 6.07) is 16.5. The summed E-state index contributed by atoms with van der Waals surface area (Å²) in [5, 5.41) is 9.74. The monoisotopic (exact) mass is 508 g/mol. The zero-order valence-corrected chi connectivity index (χ0v) is 21.3. The molecule has 1 atom stereocenters. The Hall–Kier alpha value is -3.59. The average Bonchev–Trinajstić information content (AvgIpc) is 2.91. The first-order chi connectivity index (χ1) is 18.0. The molecule has 0 aliphatic heterocycles. The Kier molecular flexibility index (Phi) is 9.00. The van der Waals surface area contributed by atoms with Crippen LogP contribution in [0.15, 0.2) is 54.6 Å². The molecule has 8 heteroatoms. The molecule has 8 nitrogen and oxygen atoms in total. The number of methoxy groups -OCH3 is 3. The van der Waals surface area contributed by atoms with E-state index in [1.807, 2.05) is 36.4 Å². The van der Waals surface area contributed by atoms with Crippen molar-refractivity contribution in [2.24, 2.45) is 0 Å². The van der Waals surface area contributed by atoms with Gasteiger partial charge in [-0.25, -0.2) is 0 Å². The summed E-state index contributed by atoms with van der Waals surface area (Å²) in [5.41, 5.74) is 4.35. The predicted molar refractivity (Wildman–Crippen MR) is 137 cm³/mol. The molecule has 0 spiro atoms. The van der Waals surface area contributed by atoms with Gasteiger partial charge in [-0.1, -0.05) is 24.3 Å². The van der Waals surface area contributed by atoms with Gasteiger partial charge >= 0.3 is 0 Å². The number of carbonyl (C=O) groups excluding carboxylic acids is 1. The molecule has 3 aromatic carbocycles. The van der Waals surface area contributed by atoms with Crippen molar-refractivity contribution in [1.82, 2.24) is 0 Å². The lowest BCUT2D eigenvalue weighted by Crippen LogP contribution is -2.23. The van der Waals surface area contributed by atoms with Gasteiger partial charge in [0.25, 0.3) is 0 Å². The van der Waals surface area contributed by atoms with Crippen molar-refractivity contribution >= 4 is 5.78 Å². The van der Waals surface area contributed by atoms with Gasteiger partial charge in [-0.2, -0.15) is 0 Å². The van der Waals surface area contributed by atoms with E-state index in [2.05, 4.69) is 0 Å². The van der Waals surface area contributed by atoms with Crippen LogP contribution in [0.1, 0.15) is 45.0 Å². The molecule has 196 valence electrons. The van der Waals surface area contributed by atoms with E-state index in [4.69, 9.17) is 28.4 Å². The van der Waals surface area contributed by atoms with E-state index in [9.17, 15) is 9.90 Å². The zero-order chi connectivity index (χ0) is 26.2. The number of phenolic OH excluding ortho intramolecular Hbond substituents is 1. The number of hydrogen-bond acceptors (Lipinski definition) is 8. The minimum atomic E-state index is -0.0250. The second kappa shape index (κ2) is 12.6. The quantitative estimate of drug-likeness (QED) is 0.348. The Labute approximate surface area is 216 Å². The van der Waals surface area contributed by atoms with Crippen LogP contribution in [0, 0.1) is 0 Å². The zero-order valence-electron chi connectivity index (χ0n) is 21.3. The normalized spacial score (nSPS) is 14.8. The summed E-state index contributed by atoms with van der Waals surface area (Å²) in [7, 11) is 4.66. The summed E-state index contributed by atoms with van der Waals surface area (Å²) in [4.78, 5) is 13.6. The fraction of sp³-hybridized carbons (Fsp3) is 0.345. The molecule has 1 aliphatic carbocycles. The SMILES string of the molecule is COCOc1ccc(C2CC(=O)c3c(OCOC)cc(OCOC)c(Cc4ccc(O)cc4)c3C2)cc1. The van der Waals surface area contributed by atoms with Crippen LogP contribution >= 0.6 is 0 Å². The van der Waals surface area contributed by atoms with E-state index in [0.717, 1.165) is 22.3 Å². The summed E-state index contributed by atoms with van der Waals surface area (Å²) >= 11 is 0. The number of phenols is 1. The summed E-state index contributed by atoms with van der Waals surface area (Å²) in [6.07, 6.45) is 1.49. The molecular weight excluding hydrogens is 476 g/mol. The van der Waals surface area contributed by atoms with Crippen LogP contribution in [0.5, 0.6) is 23.0 Å². The van der Waals surface area contributed by atoms with Crippen molar-refractivity contribution in [2.45, 2.75) is 25.2 Å². The largest absolute Gasteiger partial charge is 0.508 e. The number of ether oxygens (including phenoxy) is 6. The third kappa shape index (κ3) is 6.40. The first-order valence-corrected chi connectivity index (χ1v) is 12.0. The standard InChI is InChI=1S/C29H32O8/c1-32-16-35-23-10-6-20(7-11-23)21-13-25-24(12-19-4-8-22(30)9-5-19)27(36-17-33-2)15-28(37-18-34-3)29(25)26(31)14-21/h4-11,15,21,30H,12-14,16-18H2,1-3H3. The van der Waals surface area contributed by atoms with Crippen LogP contribution in [-0.2, 0) is 27.1 Å². The van der Waals surface area contributed by atoms with Crippen molar-refractivity contribution in [3.63, 3.8) is 0 Å². The Morgan fingerprint density at radius 3 is 2.05 bits per heavy atom. The van der Waals surface area contributed by atoms with Crippen LogP contribution in [0.2, 0.25) is 0 Å². The van der Waals surface area contributed by atoms with Gasteiger partial charge in [0.1, 0.15) is 23.0 Å². The molecule has 0 aromatic heterocycles. The highest BCUT2D eigenvalue weighted by atomic mass is 16.7. The van der Waals surface area contributed by atoms with Gasteiger partial charge in [0.05, 0.1) is 5.56 Å². The summed E-state index contributed by atoms with van der Waals surface area (Å²) < 4.78 is 32.6. The fourth-order valence-corrected chi connectivity index (χ4v) is 4.60. The first kappa shape index (κ1) is 26.5. The molecular formula is C29H32O8. The number of carbonyl (C=O) groups is 1. The Morgan fingerprint density at radius 2 is 1.41 bits per heavy atom. The van der Waals surface area contributed by atoms with E-state index in [1.54, 1.807) is 32.4 Å². The number of hydrogen-bond donors (Lipinski definition) is 1. The minimum absolute atomic E-state index is 0.00214. The molecule has 0 saturated heterocycles. The molecule has 1 N–H and O–H groups in total. The van der Waals surface area contributed by atoms with Gasteiger partial charge in [-0.05, 0) is 53.3 Å². The van der Waals surface area contributed by atoms with Crippen LogP contribution in [-0.4, -0.2) is 52.6 Å². The van der Waals surface area contributed by atoms with Crippen molar-refractivity contribution in [3.05, 3.63) is 82.4 Å². The van der Waals surface area contributed by atoms with Crippen molar-refractivity contribution in [3.8, 4) is 23.0 Å². The number of fused-ring (bicyclic) bond motifs is 1. The molecule has 1 unspecified atom stereocenters. The molecule has 3 aromatic rings. The second-order valence-electron chi connectivity index (χ2n) is 8.80. The van der Waals surface area contributed by atoms with Crippen molar-refractivity contribution in [2.75, 3.05) is 41.7 Å². The van der Waals surface area contributed by atoms with Crippen LogP contribution in [0.4, 0.5) is 0 Å². The molecule has 1 aliphatic rings. The molecule has 37 heavy (non-hydrogen) atoms. The van der Waals surface area contributed by atoms with Crippen molar-refractivity contribution < 1.29 is 38.3 Å². The van der Waals surface area contributed by atoms with Gasteiger partial charge in [0.2, 0.25) is 0 Å². The number of ketones is 1. The lowest BCUT2D eigenvalue weighted by Gasteiger charge is -2.29. The number of aromatic hydroxyl groups is 1. The van der Waals surface area contributed by atoms with Gasteiger partial charge < -0.3 is 33.5 Å². The van der Waals surface area contributed by atoms with Gasteiger partial charge in [0.15, 0.2) is 26.2 Å². The van der Waals surface area contributed by atoms with E-state index < -0.39 is 0 Å². The maximum Gasteiger partial charge on any atom is 0.188 e. The smallest absolute Gasteiger partial charge is 0.188 e. The lowest BCUT2D eigenvalue weighted by molar-refractivity contribution is 0.0448. The number of Topliss-reactive ketones (excluding diaryl/α,β-unsaturated/α-hetero) is 1. The van der Waals surface area contributed by atoms with Gasteiger partial charge in [-0.15, -0.1) is 0 Å². The summed E-state index contributed by atoms with van der Waals surface area (Å²) in [5.74, 6) is 1.88. The first-order valence-electron chi connectivity index (χ1n) is 12.0. The minimum Gasteiger partial charge on any atom is -0.508 e. The highest BCUT2D eigenvalue weighted by molar-refractivity contribution is 6.02. The highest BCUT2D eigenvalue weighted by Gasteiger charge is 2.33. The highest BCUT2D eigenvalue weighted by Crippen LogP contribution is 2.43. The van der Waals surface area contributed by atoms with Crippen LogP contribution in [0.25, 0.3) is 0 Å². The Balaban J connectivity index is 1.76. The Bertz CT molecular complexity index is 1190. The summed E-state index contributed by atoms with van der Waals surface area (Å²) in [6.45, 7) is 0.224. The average molecular weight is 509 g/mol. The third-order valence-corrected chi connectivity index (χ3v) is 6.31. The maximum atomic E-state index is 13.6. The van der Waals surface area contributed by atoms with Crippen LogP contribution in [0.3, 0.4) is 0 Å². The molecule has 0 radical (unpaired) electrons.